The minimum absolute atomic E-state index is 0.117. The summed E-state index contributed by atoms with van der Waals surface area (Å²) < 4.78 is 35.6. The van der Waals surface area contributed by atoms with Gasteiger partial charge in [-0.15, -0.1) is 0 Å². The molecule has 0 bridgehead atoms. The third kappa shape index (κ3) is 3.62. The molecule has 4 nitrogen and oxygen atoms in total. The topological polar surface area (TPSA) is 63.3 Å². The van der Waals surface area contributed by atoms with Gasteiger partial charge in [-0.2, -0.15) is 18.3 Å². The second-order valence-electron chi connectivity index (χ2n) is 2.47. The standard InChI is InChI=1S/C7H6ClF3N4/c8-4-1-2-5(13-3-4)14-15-6(12)7(9,10)11/h1-3H,(H2,12,15)(H,13,14). The number of rotatable bonds is 2. The van der Waals surface area contributed by atoms with Gasteiger partial charge >= 0.3 is 6.18 Å². The Morgan fingerprint density at radius 1 is 1.47 bits per heavy atom. The molecule has 0 aliphatic rings. The molecule has 0 unspecified atom stereocenters. The predicted molar refractivity (Wildman–Crippen MR) is 50.5 cm³/mol. The lowest BCUT2D eigenvalue weighted by Gasteiger charge is -2.05. The van der Waals surface area contributed by atoms with Crippen LogP contribution in [0, 0.1) is 0 Å². The maximum Gasteiger partial charge on any atom is 0.450 e. The number of hydrogen-bond donors (Lipinski definition) is 2. The van der Waals surface area contributed by atoms with Crippen LogP contribution in [0.5, 0.6) is 0 Å². The van der Waals surface area contributed by atoms with Gasteiger partial charge in [0.1, 0.15) is 5.82 Å². The molecule has 0 fully saturated rings. The van der Waals surface area contributed by atoms with Crippen molar-refractivity contribution in [1.82, 2.24) is 4.98 Å². The van der Waals surface area contributed by atoms with E-state index >= 15 is 0 Å². The number of alkyl halides is 3. The smallest absolute Gasteiger partial charge is 0.378 e. The van der Waals surface area contributed by atoms with Gasteiger partial charge in [0.05, 0.1) is 5.02 Å². The highest BCUT2D eigenvalue weighted by Crippen LogP contribution is 2.15. The van der Waals surface area contributed by atoms with E-state index in [0.717, 1.165) is 0 Å². The van der Waals surface area contributed by atoms with Crippen molar-refractivity contribution in [2.45, 2.75) is 6.18 Å². The fourth-order valence-corrected chi connectivity index (χ4v) is 0.735. The van der Waals surface area contributed by atoms with E-state index in [0.29, 0.717) is 5.02 Å². The summed E-state index contributed by atoms with van der Waals surface area (Å²) in [5.41, 5.74) is 6.69. The molecule has 0 saturated heterocycles. The second kappa shape index (κ2) is 4.35. The molecule has 0 radical (unpaired) electrons. The number of hydrogen-bond acceptors (Lipinski definition) is 3. The van der Waals surface area contributed by atoms with Crippen molar-refractivity contribution < 1.29 is 13.2 Å². The van der Waals surface area contributed by atoms with Crippen molar-refractivity contribution in [3.63, 3.8) is 0 Å². The van der Waals surface area contributed by atoms with E-state index in [1.807, 2.05) is 0 Å². The van der Waals surface area contributed by atoms with E-state index in [2.05, 4.69) is 21.2 Å². The molecule has 8 heteroatoms. The number of pyridine rings is 1. The first-order valence-corrected chi connectivity index (χ1v) is 4.05. The van der Waals surface area contributed by atoms with Gasteiger partial charge in [0, 0.05) is 6.20 Å². The number of nitrogens with zero attached hydrogens (tertiary/aromatic N) is 2. The average Bonchev–Trinajstić information content (AvgIpc) is 2.15. The fourth-order valence-electron chi connectivity index (χ4n) is 0.623. The first kappa shape index (κ1) is 11.6. The zero-order valence-corrected chi connectivity index (χ0v) is 7.97. The molecule has 0 aromatic carbocycles. The van der Waals surface area contributed by atoms with Crippen LogP contribution >= 0.6 is 11.6 Å². The molecular weight excluding hydrogens is 233 g/mol. The van der Waals surface area contributed by atoms with Crippen LogP contribution in [0.2, 0.25) is 5.02 Å². The maximum absolute atomic E-state index is 11.9. The van der Waals surface area contributed by atoms with Crippen molar-refractivity contribution in [2.75, 3.05) is 5.43 Å². The lowest BCUT2D eigenvalue weighted by molar-refractivity contribution is -0.0599. The summed E-state index contributed by atoms with van der Waals surface area (Å²) in [7, 11) is 0. The summed E-state index contributed by atoms with van der Waals surface area (Å²) in [5.74, 6) is -1.36. The van der Waals surface area contributed by atoms with Gasteiger partial charge in [0.15, 0.2) is 0 Å². The molecule has 1 aromatic heterocycles. The first-order chi connectivity index (χ1) is 6.89. The molecule has 0 amide bonds. The van der Waals surface area contributed by atoms with Gasteiger partial charge in [0.25, 0.3) is 0 Å². The molecule has 0 aliphatic heterocycles. The molecule has 1 aromatic rings. The third-order valence-electron chi connectivity index (χ3n) is 1.31. The van der Waals surface area contributed by atoms with Crippen molar-refractivity contribution >= 4 is 23.3 Å². The second-order valence-corrected chi connectivity index (χ2v) is 2.90. The SMILES string of the molecule is N/C(=N\Nc1ccc(Cl)cn1)C(F)(F)F. The van der Waals surface area contributed by atoms with Gasteiger partial charge < -0.3 is 5.73 Å². The molecule has 0 spiro atoms. The molecule has 3 N–H and O–H groups in total. The monoisotopic (exact) mass is 238 g/mol. The predicted octanol–water partition coefficient (Wildman–Crippen LogP) is 1.98. The summed E-state index contributed by atoms with van der Waals surface area (Å²) in [6, 6.07) is 2.83. The van der Waals surface area contributed by atoms with Gasteiger partial charge in [-0.25, -0.2) is 4.98 Å². The fraction of sp³-hybridized carbons (Fsp3) is 0.143. The van der Waals surface area contributed by atoms with Crippen LogP contribution in [-0.4, -0.2) is 17.0 Å². The molecule has 1 rings (SSSR count). The Labute approximate surface area is 87.9 Å². The summed E-state index contributed by atoms with van der Waals surface area (Å²) in [6.07, 6.45) is -3.39. The van der Waals surface area contributed by atoms with Crippen LogP contribution in [0.25, 0.3) is 0 Å². The minimum Gasteiger partial charge on any atom is -0.378 e. The normalized spacial score (nSPS) is 12.7. The van der Waals surface area contributed by atoms with Crippen LogP contribution < -0.4 is 11.2 Å². The average molecular weight is 239 g/mol. The van der Waals surface area contributed by atoms with E-state index in [4.69, 9.17) is 11.6 Å². The molecule has 0 atom stereocenters. The Morgan fingerprint density at radius 3 is 2.60 bits per heavy atom. The van der Waals surface area contributed by atoms with Crippen LogP contribution in [0.1, 0.15) is 0 Å². The van der Waals surface area contributed by atoms with Gasteiger partial charge in [0.2, 0.25) is 5.84 Å². The Balaban J connectivity index is 2.68. The molecular formula is C7H6ClF3N4. The number of nitrogens with one attached hydrogen (secondary N) is 1. The molecule has 82 valence electrons. The first-order valence-electron chi connectivity index (χ1n) is 3.67. The highest BCUT2D eigenvalue weighted by Gasteiger charge is 2.33. The summed E-state index contributed by atoms with van der Waals surface area (Å²) in [4.78, 5) is 3.66. The molecule has 15 heavy (non-hydrogen) atoms. The summed E-state index contributed by atoms with van der Waals surface area (Å²) >= 11 is 5.52. The maximum atomic E-state index is 11.9. The van der Waals surface area contributed by atoms with Crippen LogP contribution in [0.15, 0.2) is 23.4 Å². The summed E-state index contributed by atoms with van der Waals surface area (Å²) in [5, 5.41) is 3.28. The number of nitrogens with two attached hydrogens (primary N) is 1. The van der Waals surface area contributed by atoms with Crippen molar-refractivity contribution in [2.24, 2.45) is 10.8 Å². The molecule has 0 aliphatic carbocycles. The Kier molecular flexibility index (Phi) is 3.35. The Morgan fingerprint density at radius 2 is 2.13 bits per heavy atom. The highest BCUT2D eigenvalue weighted by molar-refractivity contribution is 6.30. The van der Waals surface area contributed by atoms with E-state index < -0.39 is 12.0 Å². The number of hydrazone groups is 1. The zero-order chi connectivity index (χ0) is 11.5. The van der Waals surface area contributed by atoms with Gasteiger partial charge in [-0.3, -0.25) is 5.43 Å². The number of amidine groups is 1. The van der Waals surface area contributed by atoms with E-state index in [1.165, 1.54) is 18.3 Å². The zero-order valence-electron chi connectivity index (χ0n) is 7.22. The van der Waals surface area contributed by atoms with E-state index in [-0.39, 0.29) is 5.82 Å². The quantitative estimate of drug-likeness (QED) is 0.470. The van der Waals surface area contributed by atoms with Crippen LogP contribution in [0.4, 0.5) is 19.0 Å². The number of halogens is 4. The van der Waals surface area contributed by atoms with Crippen LogP contribution in [0.3, 0.4) is 0 Å². The van der Waals surface area contributed by atoms with Crippen LogP contribution in [-0.2, 0) is 0 Å². The largest absolute Gasteiger partial charge is 0.450 e. The molecule has 1 heterocycles. The number of anilines is 1. The van der Waals surface area contributed by atoms with Gasteiger partial charge in [-0.1, -0.05) is 11.6 Å². The van der Waals surface area contributed by atoms with Crippen molar-refractivity contribution in [3.8, 4) is 0 Å². The Bertz CT molecular complexity index is 359. The lowest BCUT2D eigenvalue weighted by Crippen LogP contribution is -2.32. The van der Waals surface area contributed by atoms with Crippen molar-refractivity contribution in [3.05, 3.63) is 23.4 Å². The number of aromatic nitrogens is 1. The third-order valence-corrected chi connectivity index (χ3v) is 1.53. The highest BCUT2D eigenvalue weighted by atomic mass is 35.5. The van der Waals surface area contributed by atoms with E-state index in [9.17, 15) is 13.2 Å². The minimum atomic E-state index is -4.65. The summed E-state index contributed by atoms with van der Waals surface area (Å²) in [6.45, 7) is 0. The Hall–Kier alpha value is -1.50. The lowest BCUT2D eigenvalue weighted by atomic mass is 10.5. The van der Waals surface area contributed by atoms with Gasteiger partial charge in [-0.05, 0) is 12.1 Å². The molecule has 0 saturated carbocycles. The van der Waals surface area contributed by atoms with E-state index in [1.54, 1.807) is 0 Å². The van der Waals surface area contributed by atoms with Crippen molar-refractivity contribution in [1.29, 1.82) is 0 Å².